The molecule has 0 aliphatic carbocycles. The molecule has 1 aromatic rings. The highest BCUT2D eigenvalue weighted by molar-refractivity contribution is 5.34. The predicted molar refractivity (Wildman–Crippen MR) is 72.9 cm³/mol. The van der Waals surface area contributed by atoms with Crippen LogP contribution in [0.25, 0.3) is 0 Å². The minimum Gasteiger partial charge on any atom is -0.494 e. The van der Waals surface area contributed by atoms with E-state index in [4.69, 9.17) is 10.00 Å². The van der Waals surface area contributed by atoms with Gasteiger partial charge in [0.25, 0.3) is 0 Å². The van der Waals surface area contributed by atoms with Crippen LogP contribution in [0, 0.1) is 11.3 Å². The number of ether oxygens (including phenoxy) is 1. The Morgan fingerprint density at radius 1 is 1.37 bits per heavy atom. The van der Waals surface area contributed by atoms with Crippen molar-refractivity contribution in [3.63, 3.8) is 0 Å². The molecule has 19 heavy (non-hydrogen) atoms. The van der Waals surface area contributed by atoms with Crippen LogP contribution in [0.3, 0.4) is 0 Å². The van der Waals surface area contributed by atoms with Crippen LogP contribution in [-0.2, 0) is 0 Å². The van der Waals surface area contributed by atoms with Crippen molar-refractivity contribution in [3.8, 4) is 11.8 Å². The molecule has 1 aromatic carbocycles. The van der Waals surface area contributed by atoms with Crippen LogP contribution in [0.15, 0.2) is 24.3 Å². The van der Waals surface area contributed by atoms with Gasteiger partial charge in [-0.05, 0) is 50.1 Å². The lowest BCUT2D eigenvalue weighted by atomic mass is 10.1. The summed E-state index contributed by atoms with van der Waals surface area (Å²) in [5.41, 5.74) is 0.648. The van der Waals surface area contributed by atoms with Gasteiger partial charge in [-0.2, -0.15) is 5.26 Å². The third-order valence-corrected chi connectivity index (χ3v) is 3.35. The molecule has 4 nitrogen and oxygen atoms in total. The van der Waals surface area contributed by atoms with Gasteiger partial charge in [0, 0.05) is 13.1 Å². The summed E-state index contributed by atoms with van der Waals surface area (Å²) in [5, 5.41) is 18.3. The minimum atomic E-state index is -0.159. The fourth-order valence-corrected chi connectivity index (χ4v) is 2.34. The van der Waals surface area contributed by atoms with Gasteiger partial charge in [-0.1, -0.05) is 0 Å². The van der Waals surface area contributed by atoms with Gasteiger partial charge in [0.05, 0.1) is 24.3 Å². The predicted octanol–water partition coefficient (Wildman–Crippen LogP) is 1.78. The van der Waals surface area contributed by atoms with E-state index in [1.165, 1.54) is 0 Å². The summed E-state index contributed by atoms with van der Waals surface area (Å²) in [7, 11) is 0. The lowest BCUT2D eigenvalue weighted by Crippen LogP contribution is -2.39. The average Bonchev–Trinajstić information content (AvgIpc) is 2.44. The van der Waals surface area contributed by atoms with E-state index in [0.717, 1.165) is 44.6 Å². The van der Waals surface area contributed by atoms with Crippen LogP contribution in [0.2, 0.25) is 0 Å². The minimum absolute atomic E-state index is 0.159. The van der Waals surface area contributed by atoms with Crippen molar-refractivity contribution < 1.29 is 9.84 Å². The monoisotopic (exact) mass is 260 g/mol. The van der Waals surface area contributed by atoms with Crippen LogP contribution in [0.5, 0.6) is 5.75 Å². The quantitative estimate of drug-likeness (QED) is 0.820. The summed E-state index contributed by atoms with van der Waals surface area (Å²) in [4.78, 5) is 2.29. The van der Waals surface area contributed by atoms with Gasteiger partial charge < -0.3 is 14.7 Å². The molecule has 1 aliphatic rings. The molecule has 1 saturated heterocycles. The molecule has 0 amide bonds. The lowest BCUT2D eigenvalue weighted by Gasteiger charge is -2.29. The molecule has 102 valence electrons. The van der Waals surface area contributed by atoms with Crippen molar-refractivity contribution in [2.24, 2.45) is 0 Å². The second-order valence-corrected chi connectivity index (χ2v) is 4.93. The number of rotatable bonds is 5. The number of piperidine rings is 1. The SMILES string of the molecule is N#Cc1ccc(OCCCN2CCCC(O)C2)cc1. The van der Waals surface area contributed by atoms with Gasteiger partial charge in [-0.3, -0.25) is 0 Å². The highest BCUT2D eigenvalue weighted by Gasteiger charge is 2.16. The second-order valence-electron chi connectivity index (χ2n) is 4.93. The van der Waals surface area contributed by atoms with Crippen molar-refractivity contribution in [1.29, 1.82) is 5.26 Å². The molecule has 0 spiro atoms. The molecule has 0 saturated carbocycles. The number of hydrogen-bond acceptors (Lipinski definition) is 4. The highest BCUT2D eigenvalue weighted by Crippen LogP contribution is 2.13. The third kappa shape index (κ3) is 4.55. The van der Waals surface area contributed by atoms with Crippen molar-refractivity contribution in [2.45, 2.75) is 25.4 Å². The van der Waals surface area contributed by atoms with Gasteiger partial charge >= 0.3 is 0 Å². The summed E-state index contributed by atoms with van der Waals surface area (Å²) in [6, 6.07) is 9.25. The van der Waals surface area contributed by atoms with Gasteiger partial charge in [0.1, 0.15) is 5.75 Å². The maximum Gasteiger partial charge on any atom is 0.119 e. The first-order valence-electron chi connectivity index (χ1n) is 6.81. The maximum atomic E-state index is 9.56. The Balaban J connectivity index is 1.64. The summed E-state index contributed by atoms with van der Waals surface area (Å²) in [6.07, 6.45) is 2.80. The molecule has 1 aliphatic heterocycles. The largest absolute Gasteiger partial charge is 0.494 e. The van der Waals surface area contributed by atoms with E-state index in [-0.39, 0.29) is 6.10 Å². The van der Waals surface area contributed by atoms with Crippen molar-refractivity contribution in [3.05, 3.63) is 29.8 Å². The molecule has 2 rings (SSSR count). The Bertz CT molecular complexity index is 425. The van der Waals surface area contributed by atoms with E-state index < -0.39 is 0 Å². The van der Waals surface area contributed by atoms with Crippen molar-refractivity contribution >= 4 is 0 Å². The lowest BCUT2D eigenvalue weighted by molar-refractivity contribution is 0.0679. The molecule has 1 unspecified atom stereocenters. The number of likely N-dealkylation sites (tertiary alicyclic amines) is 1. The highest BCUT2D eigenvalue weighted by atomic mass is 16.5. The van der Waals surface area contributed by atoms with Crippen molar-refractivity contribution in [1.82, 2.24) is 4.90 Å². The molecule has 0 bridgehead atoms. The normalized spacial score (nSPS) is 19.9. The zero-order chi connectivity index (χ0) is 13.5. The zero-order valence-electron chi connectivity index (χ0n) is 11.1. The van der Waals surface area contributed by atoms with Crippen LogP contribution in [0.1, 0.15) is 24.8 Å². The first-order chi connectivity index (χ1) is 9.28. The molecule has 1 fully saturated rings. The molecule has 1 atom stereocenters. The van der Waals surface area contributed by atoms with E-state index in [0.29, 0.717) is 12.2 Å². The third-order valence-electron chi connectivity index (χ3n) is 3.35. The fourth-order valence-electron chi connectivity index (χ4n) is 2.34. The average molecular weight is 260 g/mol. The molecular formula is C15H20N2O2. The maximum absolute atomic E-state index is 9.56. The number of β-amino-alcohol motifs (C(OH)–C–C–N with tert-alkyl or cyclic N) is 1. The van der Waals surface area contributed by atoms with Crippen LogP contribution >= 0.6 is 0 Å². The Morgan fingerprint density at radius 3 is 2.84 bits per heavy atom. The first kappa shape index (κ1) is 13.9. The van der Waals surface area contributed by atoms with E-state index in [1.54, 1.807) is 12.1 Å². The van der Waals surface area contributed by atoms with Gasteiger partial charge in [0.2, 0.25) is 0 Å². The Labute approximate surface area is 114 Å². The van der Waals surface area contributed by atoms with Crippen LogP contribution in [-0.4, -0.2) is 42.4 Å². The van der Waals surface area contributed by atoms with Crippen LogP contribution in [0.4, 0.5) is 0 Å². The second kappa shape index (κ2) is 7.13. The Kier molecular flexibility index (Phi) is 5.20. The Morgan fingerprint density at radius 2 is 2.16 bits per heavy atom. The first-order valence-corrected chi connectivity index (χ1v) is 6.81. The molecule has 1 heterocycles. The van der Waals surface area contributed by atoms with Gasteiger partial charge in [-0.25, -0.2) is 0 Å². The zero-order valence-corrected chi connectivity index (χ0v) is 11.1. The number of nitrogens with zero attached hydrogens (tertiary/aromatic N) is 2. The van der Waals surface area contributed by atoms with Crippen LogP contribution < -0.4 is 4.74 Å². The Hall–Kier alpha value is -1.57. The van der Waals surface area contributed by atoms with Gasteiger partial charge in [0.15, 0.2) is 0 Å². The number of benzene rings is 1. The summed E-state index contributed by atoms with van der Waals surface area (Å²) < 4.78 is 5.62. The summed E-state index contributed by atoms with van der Waals surface area (Å²) >= 11 is 0. The number of aliphatic hydroxyl groups excluding tert-OH is 1. The van der Waals surface area contributed by atoms with E-state index in [9.17, 15) is 5.11 Å². The van der Waals surface area contributed by atoms with E-state index in [2.05, 4.69) is 11.0 Å². The molecule has 0 radical (unpaired) electrons. The number of hydrogen-bond donors (Lipinski definition) is 1. The molecule has 0 aromatic heterocycles. The number of aliphatic hydroxyl groups is 1. The molecular weight excluding hydrogens is 240 g/mol. The van der Waals surface area contributed by atoms with Crippen molar-refractivity contribution in [2.75, 3.05) is 26.2 Å². The summed E-state index contributed by atoms with van der Waals surface area (Å²) in [6.45, 7) is 3.50. The topological polar surface area (TPSA) is 56.5 Å². The molecule has 1 N–H and O–H groups in total. The standard InChI is InChI=1S/C15H20N2O2/c16-11-13-4-6-15(7-5-13)19-10-2-9-17-8-1-3-14(18)12-17/h4-7,14,18H,1-3,8-10,12H2. The van der Waals surface area contributed by atoms with E-state index >= 15 is 0 Å². The fraction of sp³-hybridized carbons (Fsp3) is 0.533. The number of nitriles is 1. The summed E-state index contributed by atoms with van der Waals surface area (Å²) in [5.74, 6) is 0.803. The van der Waals surface area contributed by atoms with Gasteiger partial charge in [-0.15, -0.1) is 0 Å². The van der Waals surface area contributed by atoms with E-state index in [1.807, 2.05) is 12.1 Å². The molecule has 4 heteroatoms. The smallest absolute Gasteiger partial charge is 0.119 e.